The van der Waals surface area contributed by atoms with E-state index in [4.69, 9.17) is 5.73 Å². The van der Waals surface area contributed by atoms with Crippen LogP contribution < -0.4 is 10.6 Å². The first-order valence-corrected chi connectivity index (χ1v) is 11.4. The number of piperidine rings is 1. The number of carbonyl (C=O) groups excluding carboxylic acids is 1. The normalized spacial score (nSPS) is 28.8. The first-order valence-electron chi connectivity index (χ1n) is 11.4. The Morgan fingerprint density at radius 3 is 2.37 bits per heavy atom. The summed E-state index contributed by atoms with van der Waals surface area (Å²) in [5, 5.41) is 0. The van der Waals surface area contributed by atoms with Crippen LogP contribution in [0.25, 0.3) is 0 Å². The Bertz CT molecular complexity index is 640. The smallest absolute Gasteiger partial charge is 0.225 e. The van der Waals surface area contributed by atoms with Crippen molar-refractivity contribution in [2.24, 2.45) is 29.4 Å². The Balaban J connectivity index is 0.00000160. The lowest BCUT2D eigenvalue weighted by atomic mass is 9.65. The van der Waals surface area contributed by atoms with E-state index in [0.717, 1.165) is 57.7 Å². The van der Waals surface area contributed by atoms with Gasteiger partial charge in [-0.1, -0.05) is 12.5 Å². The molecule has 2 unspecified atom stereocenters. The third-order valence-corrected chi connectivity index (χ3v) is 7.52. The molecular weight excluding hydrogens is 419 g/mol. The minimum atomic E-state index is 0. The average Bonchev–Trinajstić information content (AvgIpc) is 2.72. The van der Waals surface area contributed by atoms with Crippen LogP contribution in [0, 0.1) is 23.7 Å². The Morgan fingerprint density at radius 1 is 1.13 bits per heavy atom. The van der Waals surface area contributed by atoms with Crippen molar-refractivity contribution in [1.82, 2.24) is 9.88 Å². The van der Waals surface area contributed by atoms with Gasteiger partial charge < -0.3 is 15.5 Å². The maximum Gasteiger partial charge on any atom is 0.225 e. The SMILES string of the molecule is CCN(CC1CCN(c2ccccn2)CC1)C(=O)C1CC2CCCC(C1)C2N.Cl.Cl. The standard InChI is InChI=1S/C23H36N4O.2ClH/c1-2-26(23(28)20-14-18-6-5-7-19(15-20)22(18)24)16-17-9-12-27(13-10-17)21-8-3-4-11-25-21;;/h3-4,8,11,17-20,22H,2,5-7,9-10,12-16,24H2,1H3;2*1H. The molecule has 1 aromatic rings. The third-order valence-electron chi connectivity index (χ3n) is 7.52. The quantitative estimate of drug-likeness (QED) is 0.722. The molecule has 30 heavy (non-hydrogen) atoms. The van der Waals surface area contributed by atoms with Gasteiger partial charge in [0.15, 0.2) is 0 Å². The minimum absolute atomic E-state index is 0. The topological polar surface area (TPSA) is 62.5 Å². The highest BCUT2D eigenvalue weighted by atomic mass is 35.5. The second-order valence-electron chi connectivity index (χ2n) is 9.19. The van der Waals surface area contributed by atoms with Crippen LogP contribution in [0.1, 0.15) is 51.9 Å². The van der Waals surface area contributed by atoms with Crippen LogP contribution in [0.3, 0.4) is 0 Å². The fraction of sp³-hybridized carbons (Fsp3) is 0.739. The molecule has 4 rings (SSSR count). The van der Waals surface area contributed by atoms with Gasteiger partial charge in [0.05, 0.1) is 0 Å². The Labute approximate surface area is 194 Å². The average molecular weight is 457 g/mol. The van der Waals surface area contributed by atoms with E-state index in [1.54, 1.807) is 0 Å². The molecular formula is C23H38Cl2N4O. The van der Waals surface area contributed by atoms with Crippen molar-refractivity contribution in [1.29, 1.82) is 0 Å². The van der Waals surface area contributed by atoms with Crippen LogP contribution in [0.15, 0.2) is 24.4 Å². The number of hydrogen-bond acceptors (Lipinski definition) is 4. The highest BCUT2D eigenvalue weighted by molar-refractivity contribution is 5.85. The van der Waals surface area contributed by atoms with Crippen LogP contribution in [-0.2, 0) is 4.79 Å². The summed E-state index contributed by atoms with van der Waals surface area (Å²) >= 11 is 0. The fourth-order valence-corrected chi connectivity index (χ4v) is 5.82. The largest absolute Gasteiger partial charge is 0.357 e. The summed E-state index contributed by atoms with van der Waals surface area (Å²) in [6.45, 7) is 5.96. The van der Waals surface area contributed by atoms with E-state index in [2.05, 4.69) is 33.8 Å². The second-order valence-corrected chi connectivity index (χ2v) is 9.19. The van der Waals surface area contributed by atoms with E-state index in [0.29, 0.717) is 29.7 Å². The van der Waals surface area contributed by atoms with Gasteiger partial charge in [0, 0.05) is 44.3 Å². The van der Waals surface area contributed by atoms with Crippen molar-refractivity contribution in [2.75, 3.05) is 31.1 Å². The van der Waals surface area contributed by atoms with Crippen molar-refractivity contribution < 1.29 is 4.79 Å². The van der Waals surface area contributed by atoms with E-state index in [-0.39, 0.29) is 30.7 Å². The summed E-state index contributed by atoms with van der Waals surface area (Å²) in [5.41, 5.74) is 6.43. The summed E-state index contributed by atoms with van der Waals surface area (Å²) in [6.07, 6.45) is 9.93. The molecule has 2 atom stereocenters. The zero-order valence-electron chi connectivity index (χ0n) is 18.1. The molecule has 0 aromatic carbocycles. The van der Waals surface area contributed by atoms with Gasteiger partial charge in [0.2, 0.25) is 5.91 Å². The van der Waals surface area contributed by atoms with Crippen molar-refractivity contribution >= 4 is 36.5 Å². The van der Waals surface area contributed by atoms with Gasteiger partial charge in [0.25, 0.3) is 0 Å². The molecule has 0 radical (unpaired) electrons. The first-order chi connectivity index (χ1) is 13.7. The molecule has 3 aliphatic rings. The van der Waals surface area contributed by atoms with Gasteiger partial charge in [0.1, 0.15) is 5.82 Å². The van der Waals surface area contributed by atoms with Gasteiger partial charge in [-0.3, -0.25) is 4.79 Å². The number of anilines is 1. The molecule has 2 N–H and O–H groups in total. The molecule has 170 valence electrons. The molecule has 3 fully saturated rings. The maximum atomic E-state index is 13.3. The van der Waals surface area contributed by atoms with E-state index < -0.39 is 0 Å². The third kappa shape index (κ3) is 5.60. The minimum Gasteiger partial charge on any atom is -0.357 e. The number of fused-ring (bicyclic) bond motifs is 2. The summed E-state index contributed by atoms with van der Waals surface area (Å²) in [6, 6.07) is 6.45. The predicted octanol–water partition coefficient (Wildman–Crippen LogP) is 4.14. The lowest BCUT2D eigenvalue weighted by Crippen LogP contribution is -2.50. The summed E-state index contributed by atoms with van der Waals surface area (Å²) < 4.78 is 0. The molecule has 1 aromatic heterocycles. The molecule has 1 aliphatic heterocycles. The zero-order valence-corrected chi connectivity index (χ0v) is 19.8. The molecule has 0 spiro atoms. The first kappa shape index (κ1) is 25.2. The molecule has 2 saturated carbocycles. The number of amides is 1. The molecule has 2 heterocycles. The van der Waals surface area contributed by atoms with Crippen LogP contribution in [0.2, 0.25) is 0 Å². The number of pyridine rings is 1. The van der Waals surface area contributed by atoms with Crippen LogP contribution in [0.5, 0.6) is 0 Å². The number of hydrogen-bond donors (Lipinski definition) is 1. The van der Waals surface area contributed by atoms with Gasteiger partial charge in [-0.05, 0) is 75.3 Å². The van der Waals surface area contributed by atoms with E-state index in [1.807, 2.05) is 12.3 Å². The van der Waals surface area contributed by atoms with Gasteiger partial charge in [-0.15, -0.1) is 24.8 Å². The number of nitrogens with zero attached hydrogens (tertiary/aromatic N) is 3. The van der Waals surface area contributed by atoms with Crippen molar-refractivity contribution in [2.45, 2.75) is 57.9 Å². The lowest BCUT2D eigenvalue weighted by molar-refractivity contribution is -0.139. The van der Waals surface area contributed by atoms with Gasteiger partial charge >= 0.3 is 0 Å². The number of aromatic nitrogens is 1. The predicted molar refractivity (Wildman–Crippen MR) is 127 cm³/mol. The van der Waals surface area contributed by atoms with Crippen molar-refractivity contribution in [3.05, 3.63) is 24.4 Å². The van der Waals surface area contributed by atoms with Crippen molar-refractivity contribution in [3.63, 3.8) is 0 Å². The summed E-state index contributed by atoms with van der Waals surface area (Å²) in [4.78, 5) is 22.3. The van der Waals surface area contributed by atoms with E-state index in [9.17, 15) is 4.79 Å². The lowest BCUT2D eigenvalue weighted by Gasteiger charge is -2.45. The Kier molecular flexibility index (Phi) is 9.70. The number of nitrogens with two attached hydrogens (primary N) is 1. The summed E-state index contributed by atoms with van der Waals surface area (Å²) in [7, 11) is 0. The monoisotopic (exact) mass is 456 g/mol. The fourth-order valence-electron chi connectivity index (χ4n) is 5.82. The van der Waals surface area contributed by atoms with Gasteiger partial charge in [-0.25, -0.2) is 4.98 Å². The van der Waals surface area contributed by atoms with E-state index in [1.165, 1.54) is 19.3 Å². The van der Waals surface area contributed by atoms with Crippen LogP contribution in [-0.4, -0.2) is 48.0 Å². The Hall–Kier alpha value is -1.04. The van der Waals surface area contributed by atoms with Crippen LogP contribution in [0.4, 0.5) is 5.82 Å². The summed E-state index contributed by atoms with van der Waals surface area (Å²) in [5.74, 6) is 3.44. The number of rotatable bonds is 5. The highest BCUT2D eigenvalue weighted by Crippen LogP contribution is 2.42. The molecule has 7 heteroatoms. The molecule has 2 bridgehead atoms. The second kappa shape index (κ2) is 11.5. The molecule has 1 amide bonds. The Morgan fingerprint density at radius 2 is 1.80 bits per heavy atom. The van der Waals surface area contributed by atoms with Crippen molar-refractivity contribution in [3.8, 4) is 0 Å². The van der Waals surface area contributed by atoms with E-state index >= 15 is 0 Å². The number of halogens is 2. The zero-order chi connectivity index (χ0) is 19.5. The maximum absolute atomic E-state index is 13.3. The molecule has 2 aliphatic carbocycles. The van der Waals surface area contributed by atoms with Gasteiger partial charge in [-0.2, -0.15) is 0 Å². The highest BCUT2D eigenvalue weighted by Gasteiger charge is 2.41. The van der Waals surface area contributed by atoms with Crippen LogP contribution >= 0.6 is 24.8 Å². The number of carbonyl (C=O) groups is 1. The molecule has 5 nitrogen and oxygen atoms in total. The molecule has 1 saturated heterocycles.